The molecule has 0 bridgehead atoms. The summed E-state index contributed by atoms with van der Waals surface area (Å²) in [5.41, 5.74) is 0. The summed E-state index contributed by atoms with van der Waals surface area (Å²) in [5.74, 6) is -4.60. The predicted molar refractivity (Wildman–Crippen MR) is 87.4 cm³/mol. The molecule has 0 aromatic heterocycles. The Morgan fingerprint density at radius 3 is 1.77 bits per heavy atom. The lowest BCUT2D eigenvalue weighted by molar-refractivity contribution is -0.183. The van der Waals surface area contributed by atoms with E-state index in [1.165, 1.54) is 0 Å². The molecule has 2 saturated heterocycles. The first kappa shape index (κ1) is 25.7. The third-order valence-corrected chi connectivity index (χ3v) is 3.08. The molecule has 0 aromatic carbocycles. The number of ether oxygens (including phenoxy) is 4. The van der Waals surface area contributed by atoms with Gasteiger partial charge < -0.3 is 28.8 Å². The van der Waals surface area contributed by atoms with Crippen LogP contribution in [-0.4, -0.2) is 65.7 Å². The second-order valence-corrected chi connectivity index (χ2v) is 7.21. The molecule has 3 atom stereocenters. The van der Waals surface area contributed by atoms with Crippen molar-refractivity contribution in [3.8, 4) is 0 Å². The standard InChI is InChI=1S/C8H14F2O3.C6H10O3.CHBrF2/c1-7(2)12-4-5(13-7)6(11)8(3,9)10;1-6(2)8-4-5(3-7)9-6;2-1(3)4/h5-6,11H,4H2,1-3H3;3,5H,4H2,1-2H3;1H/t5-,6-;5-;/m10./s1. The predicted octanol–water partition coefficient (Wildman–Crippen LogP) is 3.09. The fourth-order valence-corrected chi connectivity index (χ4v) is 1.98. The molecule has 0 saturated carbocycles. The quantitative estimate of drug-likeness (QED) is 0.399. The number of hydrogen-bond donors (Lipinski definition) is 1. The molecule has 2 aliphatic rings. The van der Waals surface area contributed by atoms with Crippen molar-refractivity contribution in [1.82, 2.24) is 0 Å². The summed E-state index contributed by atoms with van der Waals surface area (Å²) in [5, 5.41) is 6.81. The number of alkyl halides is 5. The summed E-state index contributed by atoms with van der Waals surface area (Å²) in [4.78, 5) is 10.1. The van der Waals surface area contributed by atoms with Crippen LogP contribution in [0, 0.1) is 0 Å². The molecule has 6 nitrogen and oxygen atoms in total. The Kier molecular flexibility index (Phi) is 10.1. The van der Waals surface area contributed by atoms with Crippen molar-refractivity contribution in [2.45, 2.75) is 75.8 Å². The van der Waals surface area contributed by atoms with E-state index in [4.69, 9.17) is 24.1 Å². The molecular formula is C15H25BrF4O6. The maximum Gasteiger partial charge on any atom is 0.292 e. The molecule has 0 aromatic rings. The monoisotopic (exact) mass is 456 g/mol. The van der Waals surface area contributed by atoms with Crippen LogP contribution >= 0.6 is 15.9 Å². The van der Waals surface area contributed by atoms with Crippen molar-refractivity contribution in [3.63, 3.8) is 0 Å². The lowest BCUT2D eigenvalue weighted by Crippen LogP contribution is -2.42. The van der Waals surface area contributed by atoms with Crippen LogP contribution < -0.4 is 0 Å². The Bertz CT molecular complexity index is 428. The van der Waals surface area contributed by atoms with Crippen LogP contribution in [0.4, 0.5) is 17.6 Å². The first-order valence-corrected chi connectivity index (χ1v) is 8.58. The smallest absolute Gasteiger partial charge is 0.292 e. The molecule has 0 aliphatic carbocycles. The fourth-order valence-electron chi connectivity index (χ4n) is 1.98. The molecule has 0 unspecified atom stereocenters. The summed E-state index contributed by atoms with van der Waals surface area (Å²) in [7, 11) is 0. The molecule has 156 valence electrons. The minimum absolute atomic E-state index is 0.00238. The molecular weight excluding hydrogens is 432 g/mol. The van der Waals surface area contributed by atoms with Gasteiger partial charge in [-0.1, -0.05) is 0 Å². The number of aliphatic hydroxyl groups is 1. The Labute approximate surface area is 158 Å². The van der Waals surface area contributed by atoms with Crippen LogP contribution in [0.15, 0.2) is 0 Å². The summed E-state index contributed by atoms with van der Waals surface area (Å²) < 4.78 is 66.1. The van der Waals surface area contributed by atoms with Gasteiger partial charge >= 0.3 is 0 Å². The number of halogens is 5. The number of aliphatic hydroxyl groups excluding tert-OH is 1. The van der Waals surface area contributed by atoms with E-state index in [-0.39, 0.29) is 12.7 Å². The van der Waals surface area contributed by atoms with Gasteiger partial charge in [0.1, 0.15) is 18.3 Å². The zero-order chi connectivity index (χ0) is 20.8. The van der Waals surface area contributed by atoms with E-state index in [2.05, 4.69) is 0 Å². The third kappa shape index (κ3) is 10.7. The summed E-state index contributed by atoms with van der Waals surface area (Å²) in [6.45, 7) is 7.86. The zero-order valence-corrected chi connectivity index (χ0v) is 16.8. The number of carbonyl (C=O) groups is 1. The van der Waals surface area contributed by atoms with E-state index < -0.39 is 35.0 Å². The van der Waals surface area contributed by atoms with Crippen molar-refractivity contribution in [3.05, 3.63) is 0 Å². The van der Waals surface area contributed by atoms with Crippen molar-refractivity contribution in [1.29, 1.82) is 0 Å². The van der Waals surface area contributed by atoms with E-state index in [1.54, 1.807) is 27.7 Å². The van der Waals surface area contributed by atoms with Gasteiger partial charge in [0.25, 0.3) is 11.3 Å². The van der Waals surface area contributed by atoms with Crippen LogP contribution in [0.5, 0.6) is 0 Å². The van der Waals surface area contributed by atoms with Gasteiger partial charge in [0, 0.05) is 6.92 Å². The SMILES string of the molecule is CC1(C)OC[C@H](C=O)O1.CC1(C)OC[C@H]([C@@H](O)C(C)(F)F)O1.FC(F)Br. The third-order valence-electron chi connectivity index (χ3n) is 3.08. The highest BCUT2D eigenvalue weighted by Gasteiger charge is 2.45. The van der Waals surface area contributed by atoms with Gasteiger partial charge in [-0.2, -0.15) is 8.78 Å². The maximum atomic E-state index is 12.6. The summed E-state index contributed by atoms with van der Waals surface area (Å²) in [6, 6.07) is 0. The topological polar surface area (TPSA) is 74.2 Å². The van der Waals surface area contributed by atoms with Gasteiger partial charge in [-0.05, 0) is 43.6 Å². The highest BCUT2D eigenvalue weighted by molar-refractivity contribution is 9.09. The zero-order valence-electron chi connectivity index (χ0n) is 15.2. The number of rotatable bonds is 3. The van der Waals surface area contributed by atoms with E-state index >= 15 is 0 Å². The molecule has 2 rings (SSSR count). The summed E-state index contributed by atoms with van der Waals surface area (Å²) >= 11 is 1.94. The second-order valence-electron chi connectivity index (χ2n) is 6.52. The normalized spacial score (nSPS) is 27.8. The van der Waals surface area contributed by atoms with Crippen LogP contribution in [0.2, 0.25) is 0 Å². The molecule has 26 heavy (non-hydrogen) atoms. The lowest BCUT2D eigenvalue weighted by atomic mass is 10.1. The van der Waals surface area contributed by atoms with Crippen molar-refractivity contribution in [2.75, 3.05) is 13.2 Å². The van der Waals surface area contributed by atoms with Crippen molar-refractivity contribution >= 4 is 22.2 Å². The van der Waals surface area contributed by atoms with Crippen LogP contribution in [0.1, 0.15) is 34.6 Å². The highest BCUT2D eigenvalue weighted by Crippen LogP contribution is 2.30. The van der Waals surface area contributed by atoms with Crippen LogP contribution in [0.25, 0.3) is 0 Å². The molecule has 2 heterocycles. The largest absolute Gasteiger partial charge is 0.384 e. The van der Waals surface area contributed by atoms with Crippen molar-refractivity contribution in [2.24, 2.45) is 0 Å². The fraction of sp³-hybridized carbons (Fsp3) is 0.933. The maximum absolute atomic E-state index is 12.6. The number of carbonyl (C=O) groups excluding carboxylic acids is 1. The Morgan fingerprint density at radius 1 is 1.12 bits per heavy atom. The highest BCUT2D eigenvalue weighted by atomic mass is 79.9. The molecule has 0 radical (unpaired) electrons. The van der Waals surface area contributed by atoms with Gasteiger partial charge in [0.05, 0.1) is 13.2 Å². The molecule has 1 N–H and O–H groups in total. The first-order valence-electron chi connectivity index (χ1n) is 7.66. The first-order chi connectivity index (χ1) is 11.6. The lowest BCUT2D eigenvalue weighted by Gasteiger charge is -2.24. The van der Waals surface area contributed by atoms with E-state index in [1.807, 2.05) is 15.9 Å². The Balaban J connectivity index is 0.000000416. The van der Waals surface area contributed by atoms with Crippen LogP contribution in [0.3, 0.4) is 0 Å². The van der Waals surface area contributed by atoms with Gasteiger partial charge in [0.2, 0.25) is 0 Å². The molecule has 2 aliphatic heterocycles. The minimum atomic E-state index is -3.16. The average Bonchev–Trinajstić information content (AvgIpc) is 2.99. The van der Waals surface area contributed by atoms with E-state index in [9.17, 15) is 22.4 Å². The van der Waals surface area contributed by atoms with Gasteiger partial charge in [-0.15, -0.1) is 0 Å². The molecule has 0 spiro atoms. The number of hydrogen-bond acceptors (Lipinski definition) is 6. The molecule has 0 amide bonds. The van der Waals surface area contributed by atoms with Gasteiger partial charge in [0.15, 0.2) is 17.9 Å². The minimum Gasteiger partial charge on any atom is -0.384 e. The second kappa shape index (κ2) is 10.3. The van der Waals surface area contributed by atoms with Gasteiger partial charge in [-0.3, -0.25) is 0 Å². The molecule has 11 heteroatoms. The Morgan fingerprint density at radius 2 is 1.54 bits per heavy atom. The molecule has 2 fully saturated rings. The van der Waals surface area contributed by atoms with Crippen LogP contribution in [-0.2, 0) is 23.7 Å². The van der Waals surface area contributed by atoms with Crippen molar-refractivity contribution < 1.29 is 46.4 Å². The Hall–Kier alpha value is -0.330. The number of aldehydes is 1. The van der Waals surface area contributed by atoms with E-state index in [0.717, 1.165) is 6.29 Å². The average molecular weight is 457 g/mol. The van der Waals surface area contributed by atoms with E-state index in [0.29, 0.717) is 13.5 Å². The summed E-state index contributed by atoms with van der Waals surface area (Å²) in [6.07, 6.45) is -2.36. The van der Waals surface area contributed by atoms with Gasteiger partial charge in [-0.25, -0.2) is 8.78 Å².